The zero-order valence-corrected chi connectivity index (χ0v) is 19.0. The summed E-state index contributed by atoms with van der Waals surface area (Å²) in [7, 11) is 3.38. The monoisotopic (exact) mass is 432 g/mol. The first-order valence-electron chi connectivity index (χ1n) is 11.7. The van der Waals surface area contributed by atoms with E-state index in [9.17, 15) is 9.59 Å². The van der Waals surface area contributed by atoms with Crippen LogP contribution in [0.2, 0.25) is 0 Å². The van der Waals surface area contributed by atoms with Crippen LogP contribution in [0.3, 0.4) is 0 Å². The number of hydrogen-bond donors (Lipinski definition) is 1. The van der Waals surface area contributed by atoms with E-state index in [-0.39, 0.29) is 17.7 Å². The molecule has 2 amide bonds. The highest BCUT2D eigenvalue weighted by Gasteiger charge is 2.62. The topological polar surface area (TPSA) is 58.6 Å². The Balaban J connectivity index is 1.32. The average molecular weight is 433 g/mol. The van der Waals surface area contributed by atoms with Crippen molar-refractivity contribution in [3.8, 4) is 16.9 Å². The Morgan fingerprint density at radius 1 is 1.09 bits per heavy atom. The van der Waals surface area contributed by atoms with E-state index in [1.165, 1.54) is 19.3 Å². The van der Waals surface area contributed by atoms with Crippen LogP contribution in [-0.2, 0) is 16.0 Å². The molecule has 0 aromatic heterocycles. The van der Waals surface area contributed by atoms with Crippen molar-refractivity contribution in [1.29, 1.82) is 0 Å². The zero-order valence-electron chi connectivity index (χ0n) is 19.0. The molecule has 5 heteroatoms. The van der Waals surface area contributed by atoms with E-state index < -0.39 is 5.41 Å². The second kappa shape index (κ2) is 7.95. The predicted octanol–water partition coefficient (Wildman–Crippen LogP) is 4.06. The van der Waals surface area contributed by atoms with Gasteiger partial charge in [-0.2, -0.15) is 0 Å². The number of para-hydroxylation sites is 1. The van der Waals surface area contributed by atoms with Gasteiger partial charge in [0.25, 0.3) is 0 Å². The number of carbonyl (C=O) groups is 2. The normalized spacial score (nSPS) is 25.3. The Kier molecular flexibility index (Phi) is 5.23. The Morgan fingerprint density at radius 3 is 2.47 bits per heavy atom. The average Bonchev–Trinajstić information content (AvgIpc) is 3.45. The number of carbonyl (C=O) groups excluding carboxylic acids is 2. The number of nitrogens with zero attached hydrogens (tertiary/aromatic N) is 1. The Hall–Kier alpha value is -2.82. The summed E-state index contributed by atoms with van der Waals surface area (Å²) in [6, 6.07) is 16.4. The molecule has 0 bridgehead atoms. The number of nitrogens with one attached hydrogen (secondary N) is 1. The first-order chi connectivity index (χ1) is 15.5. The summed E-state index contributed by atoms with van der Waals surface area (Å²) in [4.78, 5) is 28.1. The molecule has 2 aromatic rings. The molecule has 5 nitrogen and oxygen atoms in total. The van der Waals surface area contributed by atoms with Gasteiger partial charge in [-0.1, -0.05) is 48.9 Å². The SMILES string of the molecule is CNC(=O)C1(Cc2ccc(-c3ccccc3OC)cc2)CCN(C(=O)C2CC23CCC3)C1. The number of amides is 2. The van der Waals surface area contributed by atoms with E-state index in [1.807, 2.05) is 29.2 Å². The highest BCUT2D eigenvalue weighted by Crippen LogP contribution is 2.66. The molecular formula is C27H32N2O3. The van der Waals surface area contributed by atoms with Gasteiger partial charge in [0.15, 0.2) is 0 Å². The van der Waals surface area contributed by atoms with Gasteiger partial charge < -0.3 is 15.0 Å². The molecule has 2 saturated carbocycles. The highest BCUT2D eigenvalue weighted by atomic mass is 16.5. The van der Waals surface area contributed by atoms with Crippen molar-refractivity contribution in [3.05, 3.63) is 54.1 Å². The number of rotatable bonds is 6. The molecule has 1 heterocycles. The van der Waals surface area contributed by atoms with Gasteiger partial charge in [-0.25, -0.2) is 0 Å². The van der Waals surface area contributed by atoms with Gasteiger partial charge in [-0.3, -0.25) is 9.59 Å². The lowest BCUT2D eigenvalue weighted by Crippen LogP contribution is -2.44. The number of likely N-dealkylation sites (tertiary alicyclic amines) is 1. The minimum atomic E-state index is -0.558. The Labute approximate surface area is 190 Å². The molecule has 2 atom stereocenters. The van der Waals surface area contributed by atoms with Crippen molar-refractivity contribution < 1.29 is 14.3 Å². The molecule has 5 rings (SSSR count). The summed E-state index contributed by atoms with van der Waals surface area (Å²) in [5, 5.41) is 2.87. The van der Waals surface area contributed by atoms with Crippen LogP contribution in [0, 0.1) is 16.7 Å². The molecule has 1 spiro atoms. The second-order valence-electron chi connectivity index (χ2n) is 9.92. The first kappa shape index (κ1) is 21.0. The van der Waals surface area contributed by atoms with Crippen molar-refractivity contribution in [1.82, 2.24) is 10.2 Å². The third kappa shape index (κ3) is 3.48. The maximum Gasteiger partial charge on any atom is 0.228 e. The van der Waals surface area contributed by atoms with Crippen LogP contribution >= 0.6 is 0 Å². The number of benzene rings is 2. The first-order valence-corrected chi connectivity index (χ1v) is 11.7. The summed E-state index contributed by atoms with van der Waals surface area (Å²) in [6.45, 7) is 1.20. The van der Waals surface area contributed by atoms with Gasteiger partial charge in [-0.05, 0) is 54.7 Å². The van der Waals surface area contributed by atoms with E-state index in [1.54, 1.807) is 14.2 Å². The quantitative estimate of drug-likeness (QED) is 0.749. The molecule has 2 aromatic carbocycles. The van der Waals surface area contributed by atoms with Crippen molar-refractivity contribution in [3.63, 3.8) is 0 Å². The van der Waals surface area contributed by atoms with E-state index in [0.29, 0.717) is 31.3 Å². The fourth-order valence-electron chi connectivity index (χ4n) is 5.91. The molecular weight excluding hydrogens is 400 g/mol. The van der Waals surface area contributed by atoms with Crippen LogP contribution in [0.25, 0.3) is 11.1 Å². The fraction of sp³-hybridized carbons (Fsp3) is 0.481. The minimum absolute atomic E-state index is 0.0377. The highest BCUT2D eigenvalue weighted by molar-refractivity contribution is 5.87. The smallest absolute Gasteiger partial charge is 0.228 e. The minimum Gasteiger partial charge on any atom is -0.496 e. The van der Waals surface area contributed by atoms with Crippen LogP contribution < -0.4 is 10.1 Å². The van der Waals surface area contributed by atoms with Crippen LogP contribution in [-0.4, -0.2) is 44.0 Å². The summed E-state index contributed by atoms with van der Waals surface area (Å²) >= 11 is 0. The number of ether oxygens (including phenoxy) is 1. The fourth-order valence-corrected chi connectivity index (χ4v) is 5.91. The van der Waals surface area contributed by atoms with Gasteiger partial charge in [0, 0.05) is 31.6 Å². The van der Waals surface area contributed by atoms with Crippen LogP contribution in [0.1, 0.15) is 37.7 Å². The standard InChI is InChI=1S/C27H32N2O3/c1-28-25(31)27(14-15-29(18-27)24(30)22-17-26(22)12-5-13-26)16-19-8-10-20(11-9-19)21-6-3-4-7-23(21)32-2/h3-4,6-11,22H,5,12-18H2,1-2H3,(H,28,31). The van der Waals surface area contributed by atoms with Gasteiger partial charge >= 0.3 is 0 Å². The van der Waals surface area contributed by atoms with E-state index in [2.05, 4.69) is 29.6 Å². The number of methoxy groups -OCH3 is 1. The van der Waals surface area contributed by atoms with E-state index in [0.717, 1.165) is 28.9 Å². The summed E-state index contributed by atoms with van der Waals surface area (Å²) < 4.78 is 5.49. The van der Waals surface area contributed by atoms with Gasteiger partial charge in [0.05, 0.1) is 12.5 Å². The van der Waals surface area contributed by atoms with Crippen LogP contribution in [0.15, 0.2) is 48.5 Å². The lowest BCUT2D eigenvalue weighted by molar-refractivity contribution is -0.134. The van der Waals surface area contributed by atoms with E-state index in [4.69, 9.17) is 4.74 Å². The third-order valence-electron chi connectivity index (χ3n) is 8.13. The molecule has 1 aliphatic heterocycles. The van der Waals surface area contributed by atoms with Gasteiger partial charge in [0.2, 0.25) is 11.8 Å². The maximum absolute atomic E-state index is 13.1. The lowest BCUT2D eigenvalue weighted by Gasteiger charge is -2.30. The molecule has 2 aliphatic carbocycles. The van der Waals surface area contributed by atoms with Crippen molar-refractivity contribution in [2.75, 3.05) is 27.2 Å². The third-order valence-corrected chi connectivity index (χ3v) is 8.13. The molecule has 168 valence electrons. The van der Waals surface area contributed by atoms with Crippen LogP contribution in [0.5, 0.6) is 5.75 Å². The van der Waals surface area contributed by atoms with Crippen molar-refractivity contribution >= 4 is 11.8 Å². The Morgan fingerprint density at radius 2 is 1.84 bits per heavy atom. The van der Waals surface area contributed by atoms with Crippen molar-refractivity contribution in [2.45, 2.75) is 38.5 Å². The molecule has 3 aliphatic rings. The largest absolute Gasteiger partial charge is 0.496 e. The lowest BCUT2D eigenvalue weighted by atomic mass is 9.79. The molecule has 32 heavy (non-hydrogen) atoms. The van der Waals surface area contributed by atoms with Crippen molar-refractivity contribution in [2.24, 2.45) is 16.7 Å². The summed E-state index contributed by atoms with van der Waals surface area (Å²) in [6.07, 6.45) is 6.08. The zero-order chi connectivity index (χ0) is 22.3. The van der Waals surface area contributed by atoms with Gasteiger partial charge in [-0.15, -0.1) is 0 Å². The molecule has 0 radical (unpaired) electrons. The number of hydrogen-bond acceptors (Lipinski definition) is 3. The van der Waals surface area contributed by atoms with Crippen LogP contribution in [0.4, 0.5) is 0 Å². The second-order valence-corrected chi connectivity index (χ2v) is 9.92. The molecule has 1 N–H and O–H groups in total. The maximum atomic E-state index is 13.1. The molecule has 3 fully saturated rings. The summed E-state index contributed by atoms with van der Waals surface area (Å²) in [5.74, 6) is 1.37. The molecule has 2 unspecified atom stereocenters. The molecule has 1 saturated heterocycles. The van der Waals surface area contributed by atoms with E-state index >= 15 is 0 Å². The Bertz CT molecular complexity index is 1030. The van der Waals surface area contributed by atoms with Gasteiger partial charge in [0.1, 0.15) is 5.75 Å². The summed E-state index contributed by atoms with van der Waals surface area (Å²) in [5.41, 5.74) is 3.02. The predicted molar refractivity (Wildman–Crippen MR) is 124 cm³/mol.